The van der Waals surface area contributed by atoms with Crippen molar-refractivity contribution in [3.8, 4) is 22.6 Å². The van der Waals surface area contributed by atoms with Crippen LogP contribution in [0, 0.1) is 0 Å². The Bertz CT molecular complexity index is 2070. The second-order valence-corrected chi connectivity index (χ2v) is 14.1. The van der Waals surface area contributed by atoms with Crippen molar-refractivity contribution in [1.82, 2.24) is 34.9 Å². The second-order valence-electron chi connectivity index (χ2n) is 14.1. The topological polar surface area (TPSA) is 132 Å². The fourth-order valence-corrected chi connectivity index (χ4v) is 8.01. The Balaban J connectivity index is 0.824. The molecule has 1 unspecified atom stereocenters. The molecule has 12 nitrogen and oxygen atoms in total. The van der Waals surface area contributed by atoms with Gasteiger partial charge < -0.3 is 19.9 Å². The summed E-state index contributed by atoms with van der Waals surface area (Å²) in [6, 6.07) is 20.5. The molecule has 3 aromatic heterocycles. The lowest BCUT2D eigenvalue weighted by Crippen LogP contribution is -2.52. The minimum atomic E-state index is -1.05. The number of pyridine rings is 1. The number of methoxy groups -OCH3 is 1. The van der Waals surface area contributed by atoms with Crippen LogP contribution in [-0.2, 0) is 14.3 Å². The number of nitrogens with one attached hydrogen (secondary N) is 2. The summed E-state index contributed by atoms with van der Waals surface area (Å²) >= 11 is 0. The maximum absolute atomic E-state index is 13.8. The number of fused-ring (bicyclic) bond motifs is 3. The van der Waals surface area contributed by atoms with Gasteiger partial charge in [-0.1, -0.05) is 0 Å². The fraction of sp³-hybridized carbons (Fsp3) is 0.368. The number of aromatic amines is 1. The molecule has 4 aliphatic rings. The van der Waals surface area contributed by atoms with Crippen LogP contribution in [0.2, 0.25) is 0 Å². The summed E-state index contributed by atoms with van der Waals surface area (Å²) in [6.07, 6.45) is 9.18. The van der Waals surface area contributed by atoms with Crippen molar-refractivity contribution >= 4 is 34.1 Å². The first-order valence-corrected chi connectivity index (χ1v) is 17.4. The number of carbonyl (C=O) groups is 2. The van der Waals surface area contributed by atoms with Crippen molar-refractivity contribution in [2.24, 2.45) is 0 Å². The molecule has 2 N–H and O–H groups in total. The Kier molecular flexibility index (Phi) is 7.58. The monoisotopic (exact) mass is 669 g/mol. The number of amides is 2. The number of hydrogen-bond donors (Lipinski definition) is 2. The first-order chi connectivity index (χ1) is 24.5. The van der Waals surface area contributed by atoms with Crippen LogP contribution >= 0.6 is 0 Å². The van der Waals surface area contributed by atoms with Gasteiger partial charge in [0.15, 0.2) is 11.4 Å². The number of anilines is 2. The van der Waals surface area contributed by atoms with Gasteiger partial charge in [-0.2, -0.15) is 5.10 Å². The number of ether oxygens (including phenoxy) is 1. The molecule has 12 heteroatoms. The Morgan fingerprint density at radius 1 is 0.960 bits per heavy atom. The highest BCUT2D eigenvalue weighted by Crippen LogP contribution is 2.41. The highest BCUT2D eigenvalue weighted by atomic mass is 16.5. The van der Waals surface area contributed by atoms with Gasteiger partial charge in [0.05, 0.1) is 18.1 Å². The van der Waals surface area contributed by atoms with Crippen LogP contribution in [0.4, 0.5) is 11.4 Å². The smallest absolute Gasteiger partial charge is 0.258 e. The van der Waals surface area contributed by atoms with Gasteiger partial charge in [0.2, 0.25) is 5.91 Å². The van der Waals surface area contributed by atoms with Gasteiger partial charge in [0.1, 0.15) is 5.69 Å². The van der Waals surface area contributed by atoms with E-state index in [0.717, 1.165) is 52.1 Å². The van der Waals surface area contributed by atoms with E-state index in [4.69, 9.17) is 4.74 Å². The van der Waals surface area contributed by atoms with Crippen LogP contribution in [0.25, 0.3) is 33.5 Å². The average Bonchev–Trinajstić information content (AvgIpc) is 3.44. The van der Waals surface area contributed by atoms with Gasteiger partial charge in [-0.15, -0.1) is 0 Å². The Morgan fingerprint density at radius 2 is 1.80 bits per heavy atom. The van der Waals surface area contributed by atoms with E-state index < -0.39 is 5.60 Å². The molecule has 2 amide bonds. The fourth-order valence-electron chi connectivity index (χ4n) is 8.01. The van der Waals surface area contributed by atoms with Crippen molar-refractivity contribution in [2.45, 2.75) is 49.3 Å². The lowest BCUT2D eigenvalue weighted by molar-refractivity contribution is -0.138. The standard InChI is InChI=1S/C38H39N9O3/c1-50-38(37(49)42-27-7-10-32-31(18-27)35(44-43-32)26-11-15-39-33(17-26)24-3-4-24)12-16-45(23-38)22-34(48)47-21-29-19-30(47)20-46(29)28-8-5-25(6-9-28)36-40-13-2-14-41-36/h2,5-11,13-15,17-18,24,29-30H,3-4,12,16,19-23H2,1H3,(H,42,49)(H,43,44)/t29-,30-,38?/m0/s1. The van der Waals surface area contributed by atoms with Crippen molar-refractivity contribution in [3.05, 3.63) is 84.9 Å². The van der Waals surface area contributed by atoms with E-state index in [1.54, 1.807) is 19.5 Å². The highest BCUT2D eigenvalue weighted by molar-refractivity contribution is 6.01. The van der Waals surface area contributed by atoms with Gasteiger partial charge in [0.25, 0.3) is 5.91 Å². The van der Waals surface area contributed by atoms with E-state index in [1.165, 1.54) is 12.8 Å². The van der Waals surface area contributed by atoms with Crippen LogP contribution in [0.15, 0.2) is 79.3 Å². The quantitative estimate of drug-likeness (QED) is 0.233. The summed E-state index contributed by atoms with van der Waals surface area (Å²) in [5, 5.41) is 11.8. The van der Waals surface area contributed by atoms with E-state index in [-0.39, 0.29) is 30.4 Å². The zero-order valence-corrected chi connectivity index (χ0v) is 28.0. The van der Waals surface area contributed by atoms with Gasteiger partial charge in [0, 0.05) is 97.4 Å². The predicted octanol–water partition coefficient (Wildman–Crippen LogP) is 4.48. The molecule has 254 valence electrons. The minimum absolute atomic E-state index is 0.111. The first kappa shape index (κ1) is 30.8. The molecule has 4 fully saturated rings. The van der Waals surface area contributed by atoms with Gasteiger partial charge in [-0.25, -0.2) is 9.97 Å². The van der Waals surface area contributed by atoms with Gasteiger partial charge in [-0.05, 0) is 86.3 Å². The van der Waals surface area contributed by atoms with E-state index >= 15 is 0 Å². The summed E-state index contributed by atoms with van der Waals surface area (Å²) in [5.41, 5.74) is 5.61. The molecule has 1 saturated carbocycles. The molecule has 3 aliphatic heterocycles. The van der Waals surface area contributed by atoms with E-state index in [1.807, 2.05) is 41.4 Å². The summed E-state index contributed by atoms with van der Waals surface area (Å²) in [4.78, 5) is 47.1. The number of piperazine rings is 1. The van der Waals surface area contributed by atoms with Crippen LogP contribution in [0.5, 0.6) is 0 Å². The molecule has 0 radical (unpaired) electrons. The zero-order chi connectivity index (χ0) is 33.8. The molecule has 9 rings (SSSR count). The number of rotatable bonds is 9. The van der Waals surface area contributed by atoms with Gasteiger partial charge in [-0.3, -0.25) is 24.6 Å². The van der Waals surface area contributed by atoms with E-state index in [2.05, 4.69) is 70.6 Å². The molecule has 1 aliphatic carbocycles. The van der Waals surface area contributed by atoms with Crippen molar-refractivity contribution in [1.29, 1.82) is 0 Å². The molecular formula is C38H39N9O3. The summed E-state index contributed by atoms with van der Waals surface area (Å²) in [7, 11) is 1.58. The number of benzene rings is 2. The Morgan fingerprint density at radius 3 is 2.56 bits per heavy atom. The van der Waals surface area contributed by atoms with E-state index in [9.17, 15) is 9.59 Å². The summed E-state index contributed by atoms with van der Waals surface area (Å²) in [6.45, 7) is 2.75. The molecule has 2 aromatic carbocycles. The number of likely N-dealkylation sites (tertiary alicyclic amines) is 2. The normalized spacial score (nSPS) is 23.2. The lowest BCUT2D eigenvalue weighted by atomic mass is 10.0. The van der Waals surface area contributed by atoms with Crippen molar-refractivity contribution in [3.63, 3.8) is 0 Å². The van der Waals surface area contributed by atoms with Crippen LogP contribution in [-0.4, -0.2) is 104 Å². The molecular weight excluding hydrogens is 630 g/mol. The zero-order valence-electron chi connectivity index (χ0n) is 28.0. The maximum Gasteiger partial charge on any atom is 0.258 e. The average molecular weight is 670 g/mol. The van der Waals surface area contributed by atoms with Crippen molar-refractivity contribution in [2.75, 3.05) is 50.1 Å². The van der Waals surface area contributed by atoms with Gasteiger partial charge >= 0.3 is 0 Å². The number of carbonyl (C=O) groups excluding carboxylic acids is 2. The molecule has 2 bridgehead atoms. The van der Waals surface area contributed by atoms with Crippen LogP contribution in [0.1, 0.15) is 37.3 Å². The molecule has 6 heterocycles. The minimum Gasteiger partial charge on any atom is -0.367 e. The number of nitrogens with zero attached hydrogens (tertiary/aromatic N) is 7. The third-order valence-electron chi connectivity index (χ3n) is 10.9. The lowest BCUT2D eigenvalue weighted by Gasteiger charge is -2.36. The number of H-pyrrole nitrogens is 1. The SMILES string of the molecule is COC1(C(=O)Nc2ccc3[nH]nc(-c4ccnc(C5CC5)c4)c3c2)CCN(CC(=O)N2C[C@@H]3C[C@H]2CN3c2ccc(-c3ncccn3)cc2)C1. The number of hydrogen-bond acceptors (Lipinski definition) is 9. The second kappa shape index (κ2) is 12.3. The highest BCUT2D eigenvalue weighted by Gasteiger charge is 2.48. The summed E-state index contributed by atoms with van der Waals surface area (Å²) < 4.78 is 5.91. The molecule has 3 atom stereocenters. The molecule has 50 heavy (non-hydrogen) atoms. The van der Waals surface area contributed by atoms with Crippen LogP contribution in [0.3, 0.4) is 0 Å². The summed E-state index contributed by atoms with van der Waals surface area (Å²) in [5.74, 6) is 1.16. The predicted molar refractivity (Wildman–Crippen MR) is 189 cm³/mol. The van der Waals surface area contributed by atoms with Crippen molar-refractivity contribution < 1.29 is 14.3 Å². The molecule has 5 aromatic rings. The Labute approximate surface area is 289 Å². The molecule has 3 saturated heterocycles. The molecule has 0 spiro atoms. The number of aromatic nitrogens is 5. The van der Waals surface area contributed by atoms with Crippen LogP contribution < -0.4 is 10.2 Å². The third-order valence-corrected chi connectivity index (χ3v) is 10.9. The maximum atomic E-state index is 13.8. The largest absolute Gasteiger partial charge is 0.367 e. The first-order valence-electron chi connectivity index (χ1n) is 17.4. The third kappa shape index (κ3) is 5.58. The van der Waals surface area contributed by atoms with E-state index in [0.29, 0.717) is 43.5 Å². The Hall–Kier alpha value is -5.20.